The highest BCUT2D eigenvalue weighted by molar-refractivity contribution is 5.80. The first kappa shape index (κ1) is 26.8. The Morgan fingerprint density at radius 3 is 2.42 bits per heavy atom. The maximum atomic E-state index is 13.8. The highest BCUT2D eigenvalue weighted by Gasteiger charge is 2.23. The summed E-state index contributed by atoms with van der Waals surface area (Å²) < 4.78 is 13.1. The van der Waals surface area contributed by atoms with Crippen LogP contribution < -0.4 is 11.3 Å². The third-order valence-electron chi connectivity index (χ3n) is 6.34. The average molecular weight is 543 g/mol. The summed E-state index contributed by atoms with van der Waals surface area (Å²) in [5, 5.41) is 8.20. The summed E-state index contributed by atoms with van der Waals surface area (Å²) in [6.45, 7) is 7.11. The normalized spacial score (nSPS) is 11.7. The van der Waals surface area contributed by atoms with Crippen molar-refractivity contribution in [2.75, 3.05) is 0 Å². The molecule has 0 aliphatic carbocycles. The molecule has 40 heavy (non-hydrogen) atoms. The van der Waals surface area contributed by atoms with E-state index < -0.39 is 17.3 Å². The minimum absolute atomic E-state index is 0.266. The zero-order valence-corrected chi connectivity index (χ0v) is 22.8. The number of hydrogen-bond acceptors (Lipinski definition) is 8. The quantitative estimate of drug-likeness (QED) is 0.293. The minimum atomic E-state index is -0.682. The van der Waals surface area contributed by atoms with Crippen LogP contribution in [0.2, 0.25) is 0 Å². The fourth-order valence-electron chi connectivity index (χ4n) is 4.73. The third-order valence-corrected chi connectivity index (χ3v) is 6.34. The van der Waals surface area contributed by atoms with Crippen LogP contribution in [0.3, 0.4) is 0 Å². The van der Waals surface area contributed by atoms with E-state index >= 15 is 0 Å². The average Bonchev–Trinajstić information content (AvgIpc) is 3.57. The van der Waals surface area contributed by atoms with E-state index in [1.807, 2.05) is 55.5 Å². The highest BCUT2D eigenvalue weighted by atomic mass is 16.6. The van der Waals surface area contributed by atoms with Gasteiger partial charge in [0.15, 0.2) is 5.82 Å². The van der Waals surface area contributed by atoms with E-state index in [1.165, 1.54) is 10.9 Å². The molecule has 0 saturated carbocycles. The summed E-state index contributed by atoms with van der Waals surface area (Å²) in [7, 11) is 0. The van der Waals surface area contributed by atoms with Crippen molar-refractivity contribution in [2.24, 2.45) is 0 Å². The topological polar surface area (TPSA) is 137 Å². The van der Waals surface area contributed by atoms with Crippen molar-refractivity contribution in [1.82, 2.24) is 29.3 Å². The van der Waals surface area contributed by atoms with E-state index in [0.29, 0.717) is 30.0 Å². The lowest BCUT2D eigenvalue weighted by molar-refractivity contribution is -0.155. The monoisotopic (exact) mass is 542 g/mol. The van der Waals surface area contributed by atoms with Gasteiger partial charge >= 0.3 is 11.7 Å². The number of aryl methyl sites for hydroxylation is 1. The summed E-state index contributed by atoms with van der Waals surface area (Å²) >= 11 is 0. The molecule has 0 amide bonds. The number of nitrogens with one attached hydrogen (secondary N) is 1. The van der Waals surface area contributed by atoms with E-state index in [9.17, 15) is 14.4 Å². The number of H-pyrrole nitrogens is 1. The van der Waals surface area contributed by atoms with Gasteiger partial charge in [-0.2, -0.15) is 10.1 Å². The van der Waals surface area contributed by atoms with Crippen molar-refractivity contribution in [1.29, 1.82) is 0 Å². The van der Waals surface area contributed by atoms with E-state index in [-0.39, 0.29) is 12.1 Å². The van der Waals surface area contributed by atoms with Crippen molar-refractivity contribution in [3.8, 4) is 22.5 Å². The molecular weight excluding hydrogens is 512 g/mol. The molecule has 5 aromatic rings. The molecule has 0 fully saturated rings. The number of nitrogens with zero attached hydrogens (tertiary/aromatic N) is 5. The number of rotatable bonds is 8. The third kappa shape index (κ3) is 5.49. The van der Waals surface area contributed by atoms with Crippen LogP contribution in [0.5, 0.6) is 0 Å². The van der Waals surface area contributed by atoms with Gasteiger partial charge in [-0.25, -0.2) is 9.31 Å². The van der Waals surface area contributed by atoms with Gasteiger partial charge in [-0.1, -0.05) is 67.0 Å². The standard InChI is InChI=1S/C29H30N6O5/c1-5-8-23-22(26(37)34(27-30-17-31-35(23)27)16-24(36)39-29(2,3)4)15-18-11-13-19(14-12-18)20-9-6-7-10-21(20)25-32-28(38)40-33-25/h6-7,9-14,17H,5,8,15-16H2,1-4H3,(H,32,33,38). The van der Waals surface area contributed by atoms with E-state index in [1.54, 1.807) is 25.3 Å². The first-order chi connectivity index (χ1) is 19.1. The van der Waals surface area contributed by atoms with Gasteiger partial charge in [0.2, 0.25) is 5.78 Å². The van der Waals surface area contributed by atoms with E-state index in [4.69, 9.17) is 4.74 Å². The summed E-state index contributed by atoms with van der Waals surface area (Å²) in [6.07, 6.45) is 3.16. The molecule has 0 aliphatic heterocycles. The van der Waals surface area contributed by atoms with Gasteiger partial charge in [-0.05, 0) is 43.9 Å². The molecule has 0 atom stereocenters. The van der Waals surface area contributed by atoms with Gasteiger partial charge in [-0.15, -0.1) is 0 Å². The van der Waals surface area contributed by atoms with Crippen LogP contribution in [0, 0.1) is 0 Å². The number of carbonyl (C=O) groups excluding carboxylic acids is 1. The fraction of sp³-hybridized carbons (Fsp3) is 0.310. The van der Waals surface area contributed by atoms with Crippen molar-refractivity contribution >= 4 is 11.7 Å². The maximum Gasteiger partial charge on any atom is 0.439 e. The number of aromatic amines is 1. The number of carbonyl (C=O) groups is 1. The predicted molar refractivity (Wildman–Crippen MR) is 148 cm³/mol. The largest absolute Gasteiger partial charge is 0.459 e. The second-order valence-corrected chi connectivity index (χ2v) is 10.5. The molecule has 3 heterocycles. The van der Waals surface area contributed by atoms with Gasteiger partial charge in [-0.3, -0.25) is 23.7 Å². The maximum absolute atomic E-state index is 13.8. The van der Waals surface area contributed by atoms with Gasteiger partial charge in [0.1, 0.15) is 18.5 Å². The van der Waals surface area contributed by atoms with Crippen LogP contribution in [0.4, 0.5) is 0 Å². The van der Waals surface area contributed by atoms with Crippen LogP contribution in [0.25, 0.3) is 28.3 Å². The van der Waals surface area contributed by atoms with Gasteiger partial charge in [0, 0.05) is 17.5 Å². The molecule has 0 unspecified atom stereocenters. The van der Waals surface area contributed by atoms with Crippen molar-refractivity contribution in [2.45, 2.75) is 59.1 Å². The molecule has 11 heteroatoms. The highest BCUT2D eigenvalue weighted by Crippen LogP contribution is 2.30. The number of benzene rings is 2. The van der Waals surface area contributed by atoms with Crippen molar-refractivity contribution < 1.29 is 14.1 Å². The summed E-state index contributed by atoms with van der Waals surface area (Å²) in [5.41, 5.74) is 3.77. The van der Waals surface area contributed by atoms with Gasteiger partial charge in [0.25, 0.3) is 5.56 Å². The van der Waals surface area contributed by atoms with E-state index in [0.717, 1.165) is 34.4 Å². The molecule has 2 aromatic carbocycles. The molecule has 0 bridgehead atoms. The van der Waals surface area contributed by atoms with Crippen molar-refractivity contribution in [3.63, 3.8) is 0 Å². The Bertz CT molecular complexity index is 1790. The lowest BCUT2D eigenvalue weighted by Crippen LogP contribution is -2.34. The molecule has 1 N–H and O–H groups in total. The molecule has 0 spiro atoms. The summed E-state index contributed by atoms with van der Waals surface area (Å²) in [5.74, 6) is -0.489. The SMILES string of the molecule is CCCc1c(Cc2ccc(-c3ccccc3-c3noc(=O)[nH]3)cc2)c(=O)n(CC(=O)OC(C)(C)C)c2ncnn12. The summed E-state index contributed by atoms with van der Waals surface area (Å²) in [4.78, 5) is 44.8. The zero-order valence-electron chi connectivity index (χ0n) is 22.8. The number of aromatic nitrogens is 6. The summed E-state index contributed by atoms with van der Waals surface area (Å²) in [6, 6.07) is 15.4. The van der Waals surface area contributed by atoms with Crippen molar-refractivity contribution in [3.05, 3.63) is 92.6 Å². The number of esters is 1. The Hall–Kier alpha value is -4.80. The Labute approximate surface area is 229 Å². The molecule has 0 aliphatic rings. The first-order valence-corrected chi connectivity index (χ1v) is 13.1. The number of fused-ring (bicyclic) bond motifs is 1. The van der Waals surface area contributed by atoms with Crippen LogP contribution in [0.1, 0.15) is 50.9 Å². The number of ether oxygens (including phenoxy) is 1. The van der Waals surface area contributed by atoms with Crippen LogP contribution >= 0.6 is 0 Å². The van der Waals surface area contributed by atoms with Crippen LogP contribution in [-0.2, 0) is 28.9 Å². The van der Waals surface area contributed by atoms with Gasteiger partial charge < -0.3 is 4.74 Å². The molecule has 206 valence electrons. The Balaban J connectivity index is 1.52. The molecule has 0 radical (unpaired) electrons. The predicted octanol–water partition coefficient (Wildman–Crippen LogP) is 3.79. The smallest absolute Gasteiger partial charge is 0.439 e. The van der Waals surface area contributed by atoms with Crippen LogP contribution in [0.15, 0.2) is 69.0 Å². The Morgan fingerprint density at radius 1 is 1.05 bits per heavy atom. The molecule has 5 rings (SSSR count). The minimum Gasteiger partial charge on any atom is -0.459 e. The molecule has 11 nitrogen and oxygen atoms in total. The zero-order chi connectivity index (χ0) is 28.4. The fourth-order valence-corrected chi connectivity index (χ4v) is 4.73. The van der Waals surface area contributed by atoms with Crippen LogP contribution in [-0.4, -0.2) is 40.9 Å². The van der Waals surface area contributed by atoms with Gasteiger partial charge in [0.05, 0.1) is 5.69 Å². The second-order valence-electron chi connectivity index (χ2n) is 10.5. The molecule has 0 saturated heterocycles. The second kappa shape index (κ2) is 10.8. The van der Waals surface area contributed by atoms with E-state index in [2.05, 4.69) is 24.7 Å². The number of hydrogen-bond donors (Lipinski definition) is 1. The lowest BCUT2D eigenvalue weighted by atomic mass is 9.96. The Kier molecular flexibility index (Phi) is 7.20. The molecular formula is C29H30N6O5. The Morgan fingerprint density at radius 2 is 1.77 bits per heavy atom. The molecule has 3 aromatic heterocycles. The lowest BCUT2D eigenvalue weighted by Gasteiger charge is -2.20. The first-order valence-electron chi connectivity index (χ1n) is 13.1.